The number of carbonyl (C=O) groups excluding carboxylic acids is 2. The minimum atomic E-state index is -3.97. The lowest BCUT2D eigenvalue weighted by Gasteiger charge is -2.33. The monoisotopic (exact) mass is 645 g/mol. The number of morpholine rings is 1. The van der Waals surface area contributed by atoms with Crippen molar-refractivity contribution < 1.29 is 32.6 Å². The number of rotatable bonds is 15. The van der Waals surface area contributed by atoms with Gasteiger partial charge in [-0.25, -0.2) is 8.42 Å². The van der Waals surface area contributed by atoms with Crippen LogP contribution in [0.1, 0.15) is 25.8 Å². The molecule has 2 saturated heterocycles. The molecule has 248 valence electrons. The Balaban J connectivity index is 1.51. The van der Waals surface area contributed by atoms with Crippen LogP contribution in [0.2, 0.25) is 0 Å². The molecule has 0 unspecified atom stereocenters. The smallest absolute Gasteiger partial charge is 0.243 e. The number of aliphatic hydroxyl groups excluding tert-OH is 1. The quantitative estimate of drug-likeness (QED) is 0.240. The third-order valence-corrected chi connectivity index (χ3v) is 9.90. The second-order valence-corrected chi connectivity index (χ2v) is 14.1. The molecule has 3 atom stereocenters. The highest BCUT2D eigenvalue weighted by Gasteiger charge is 2.33. The molecule has 12 nitrogen and oxygen atoms in total. The number of nitrogen functional groups attached to an aromatic ring is 1. The van der Waals surface area contributed by atoms with Gasteiger partial charge in [-0.15, -0.1) is 0 Å². The van der Waals surface area contributed by atoms with E-state index in [9.17, 15) is 23.1 Å². The van der Waals surface area contributed by atoms with E-state index >= 15 is 0 Å². The number of amides is 2. The molecule has 2 aliphatic rings. The average Bonchev–Trinajstić information content (AvgIpc) is 3.56. The largest absolute Gasteiger partial charge is 0.399 e. The Labute approximate surface area is 266 Å². The minimum absolute atomic E-state index is 0.0193. The number of hydrogen-bond donors (Lipinski definition) is 3. The Bertz CT molecular complexity index is 1330. The highest BCUT2D eigenvalue weighted by molar-refractivity contribution is 7.89. The fourth-order valence-electron chi connectivity index (χ4n) is 5.60. The fraction of sp³-hybridized carbons (Fsp3) is 0.562. The van der Waals surface area contributed by atoms with Gasteiger partial charge in [-0.3, -0.25) is 14.5 Å². The highest BCUT2D eigenvalue weighted by Crippen LogP contribution is 2.21. The van der Waals surface area contributed by atoms with Crippen LogP contribution in [0.4, 0.5) is 5.69 Å². The second-order valence-electron chi connectivity index (χ2n) is 12.1. The lowest BCUT2D eigenvalue weighted by atomic mass is 10.0. The third-order valence-electron chi connectivity index (χ3n) is 8.06. The summed E-state index contributed by atoms with van der Waals surface area (Å²) >= 11 is 0. The Hall–Kier alpha value is -3.07. The molecule has 4 N–H and O–H groups in total. The van der Waals surface area contributed by atoms with Gasteiger partial charge in [-0.1, -0.05) is 44.2 Å². The summed E-state index contributed by atoms with van der Waals surface area (Å²) in [6.07, 6.45) is -0.244. The topological polar surface area (TPSA) is 155 Å². The molecule has 0 bridgehead atoms. The van der Waals surface area contributed by atoms with E-state index in [0.29, 0.717) is 51.6 Å². The Morgan fingerprint density at radius 2 is 1.69 bits per heavy atom. The Kier molecular flexibility index (Phi) is 12.7. The Morgan fingerprint density at radius 1 is 1.00 bits per heavy atom. The van der Waals surface area contributed by atoms with Crippen molar-refractivity contribution in [2.24, 2.45) is 5.92 Å². The maximum absolute atomic E-state index is 13.7. The van der Waals surface area contributed by atoms with Crippen LogP contribution in [0.5, 0.6) is 0 Å². The van der Waals surface area contributed by atoms with Gasteiger partial charge in [0.25, 0.3) is 0 Å². The maximum Gasteiger partial charge on any atom is 0.243 e. The molecule has 2 heterocycles. The van der Waals surface area contributed by atoms with Crippen LogP contribution in [0.25, 0.3) is 0 Å². The summed E-state index contributed by atoms with van der Waals surface area (Å²) in [6.45, 7) is 6.73. The first-order valence-corrected chi connectivity index (χ1v) is 17.0. The lowest BCUT2D eigenvalue weighted by molar-refractivity contribution is -0.137. The van der Waals surface area contributed by atoms with Crippen LogP contribution in [0.3, 0.4) is 0 Å². The van der Waals surface area contributed by atoms with Gasteiger partial charge in [0.2, 0.25) is 21.8 Å². The lowest BCUT2D eigenvalue weighted by Crippen LogP contribution is -2.55. The molecule has 2 aromatic rings. The Morgan fingerprint density at radius 3 is 2.31 bits per heavy atom. The number of sulfonamides is 1. The SMILES string of the molecule is CC(C)CN(C[C@@H](O)[C@H](Cc1ccccc1)NC(=O)CN(CC(=O)N1CCOCC1)[C@H]1CCOC1)S(=O)(=O)c1ccc(N)cc1. The number of benzene rings is 2. The van der Waals surface area contributed by atoms with Crippen molar-refractivity contribution in [1.29, 1.82) is 0 Å². The second kappa shape index (κ2) is 16.5. The summed E-state index contributed by atoms with van der Waals surface area (Å²) in [6, 6.07) is 14.5. The average molecular weight is 646 g/mol. The number of nitrogens with two attached hydrogens (primary N) is 1. The molecular formula is C32H47N5O7S. The van der Waals surface area contributed by atoms with E-state index in [4.69, 9.17) is 15.2 Å². The molecule has 0 spiro atoms. The van der Waals surface area contributed by atoms with E-state index in [1.54, 1.807) is 4.90 Å². The third kappa shape index (κ3) is 10.2. The first-order valence-electron chi connectivity index (χ1n) is 15.6. The van der Waals surface area contributed by atoms with E-state index in [-0.39, 0.29) is 61.3 Å². The van der Waals surface area contributed by atoms with Crippen molar-refractivity contribution in [1.82, 2.24) is 19.4 Å². The molecule has 2 fully saturated rings. The summed E-state index contributed by atoms with van der Waals surface area (Å²) in [5.41, 5.74) is 7.10. The molecule has 0 aromatic heterocycles. The zero-order chi connectivity index (χ0) is 32.4. The van der Waals surface area contributed by atoms with Crippen molar-refractivity contribution in [2.75, 3.05) is 71.4 Å². The van der Waals surface area contributed by atoms with Crippen molar-refractivity contribution in [2.45, 2.75) is 49.8 Å². The van der Waals surface area contributed by atoms with Gasteiger partial charge in [0.1, 0.15) is 0 Å². The van der Waals surface area contributed by atoms with Gasteiger partial charge in [0.15, 0.2) is 0 Å². The molecule has 4 rings (SSSR count). The standard InChI is InChI=1S/C32H47N5O7S/c1-24(2)19-37(45(41,42)28-10-8-26(33)9-11-28)20-30(38)29(18-25-6-4-3-5-7-25)34-31(39)21-36(27-12-15-44-23-27)22-32(40)35-13-16-43-17-14-35/h3-11,24,27,29-30,38H,12-23,33H2,1-2H3,(H,34,39)/t27-,29-,30+/m0/s1. The van der Waals surface area contributed by atoms with Crippen molar-refractivity contribution in [3.8, 4) is 0 Å². The van der Waals surface area contributed by atoms with Crippen molar-refractivity contribution in [3.05, 3.63) is 60.2 Å². The summed E-state index contributed by atoms with van der Waals surface area (Å²) < 4.78 is 39.5. The van der Waals surface area contributed by atoms with Crippen LogP contribution < -0.4 is 11.1 Å². The molecule has 0 saturated carbocycles. The van der Waals surface area contributed by atoms with E-state index in [1.165, 1.54) is 28.6 Å². The van der Waals surface area contributed by atoms with Gasteiger partial charge >= 0.3 is 0 Å². The summed E-state index contributed by atoms with van der Waals surface area (Å²) in [5, 5.41) is 14.5. The predicted molar refractivity (Wildman–Crippen MR) is 171 cm³/mol. The van der Waals surface area contributed by atoms with Crippen molar-refractivity contribution in [3.63, 3.8) is 0 Å². The van der Waals surface area contributed by atoms with Gasteiger partial charge in [0, 0.05) is 44.5 Å². The first-order chi connectivity index (χ1) is 21.5. The van der Waals surface area contributed by atoms with E-state index < -0.39 is 22.2 Å². The molecule has 0 radical (unpaired) electrons. The number of nitrogens with zero attached hydrogens (tertiary/aromatic N) is 3. The zero-order valence-electron chi connectivity index (χ0n) is 26.2. The molecule has 0 aliphatic carbocycles. The minimum Gasteiger partial charge on any atom is -0.399 e. The molecule has 13 heteroatoms. The zero-order valence-corrected chi connectivity index (χ0v) is 27.0. The number of nitrogens with one attached hydrogen (secondary N) is 1. The van der Waals surface area contributed by atoms with Crippen LogP contribution in [-0.4, -0.2) is 123 Å². The fourth-order valence-corrected chi connectivity index (χ4v) is 7.22. The van der Waals surface area contributed by atoms with Crippen LogP contribution >= 0.6 is 0 Å². The van der Waals surface area contributed by atoms with E-state index in [2.05, 4.69) is 5.32 Å². The van der Waals surface area contributed by atoms with Crippen LogP contribution in [0, 0.1) is 5.92 Å². The molecule has 2 amide bonds. The van der Waals surface area contributed by atoms with Crippen LogP contribution in [0.15, 0.2) is 59.5 Å². The first kappa shape index (κ1) is 34.8. The predicted octanol–water partition coefficient (Wildman–Crippen LogP) is 0.954. The summed E-state index contributed by atoms with van der Waals surface area (Å²) in [4.78, 5) is 30.4. The maximum atomic E-state index is 13.7. The van der Waals surface area contributed by atoms with Gasteiger partial charge < -0.3 is 30.5 Å². The van der Waals surface area contributed by atoms with Crippen LogP contribution in [-0.2, 0) is 35.5 Å². The van der Waals surface area contributed by atoms with Crippen molar-refractivity contribution >= 4 is 27.5 Å². The summed E-state index contributed by atoms with van der Waals surface area (Å²) in [5.74, 6) is -0.460. The number of carbonyl (C=O) groups is 2. The molecule has 2 aromatic carbocycles. The number of aliphatic hydroxyl groups is 1. The molecule has 2 aliphatic heterocycles. The number of hydrogen-bond acceptors (Lipinski definition) is 9. The molecule has 45 heavy (non-hydrogen) atoms. The van der Waals surface area contributed by atoms with Gasteiger partial charge in [-0.05, 0) is 48.6 Å². The van der Waals surface area contributed by atoms with Gasteiger partial charge in [0.05, 0.1) is 50.0 Å². The number of ether oxygens (including phenoxy) is 2. The normalized spacial score (nSPS) is 18.8. The highest BCUT2D eigenvalue weighted by atomic mass is 32.2. The number of anilines is 1. The van der Waals surface area contributed by atoms with E-state index in [0.717, 1.165) is 5.56 Å². The summed E-state index contributed by atoms with van der Waals surface area (Å²) in [7, 11) is -3.97. The molecular weight excluding hydrogens is 598 g/mol. The van der Waals surface area contributed by atoms with E-state index in [1.807, 2.05) is 49.1 Å². The van der Waals surface area contributed by atoms with Gasteiger partial charge in [-0.2, -0.15) is 4.31 Å².